The van der Waals surface area contributed by atoms with Crippen LogP contribution in [-0.4, -0.2) is 17.5 Å². The van der Waals surface area contributed by atoms with Gasteiger partial charge in [0.25, 0.3) is 5.91 Å². The van der Waals surface area contributed by atoms with Crippen molar-refractivity contribution in [3.63, 3.8) is 0 Å². The number of rotatable bonds is 5. The first kappa shape index (κ1) is 17.2. The maximum atomic E-state index is 12.0. The van der Waals surface area contributed by atoms with E-state index in [1.54, 1.807) is 56.3 Å². The molecule has 26 heavy (non-hydrogen) atoms. The molecule has 0 atom stereocenters. The van der Waals surface area contributed by atoms with Gasteiger partial charge < -0.3 is 14.2 Å². The van der Waals surface area contributed by atoms with Crippen LogP contribution in [0, 0.1) is 6.92 Å². The summed E-state index contributed by atoms with van der Waals surface area (Å²) < 4.78 is 10.3. The molecule has 2 N–H and O–H groups in total. The van der Waals surface area contributed by atoms with Gasteiger partial charge in [-0.25, -0.2) is 5.43 Å². The zero-order chi connectivity index (χ0) is 18.5. The van der Waals surface area contributed by atoms with Crippen molar-refractivity contribution in [2.24, 2.45) is 5.10 Å². The van der Waals surface area contributed by atoms with Gasteiger partial charge in [0.2, 0.25) is 0 Å². The summed E-state index contributed by atoms with van der Waals surface area (Å²) in [6.07, 6.45) is 1.44. The lowest BCUT2D eigenvalue weighted by molar-refractivity contribution is 0.0925. The van der Waals surface area contributed by atoms with Gasteiger partial charge in [0.1, 0.15) is 5.76 Å². The van der Waals surface area contributed by atoms with E-state index >= 15 is 0 Å². The minimum absolute atomic E-state index is 0.193. The Morgan fingerprint density at radius 1 is 1.00 bits per heavy atom. The Hall–Kier alpha value is -3.61. The number of nitrogens with zero attached hydrogens (tertiary/aromatic N) is 1. The Morgan fingerprint density at radius 3 is 2.54 bits per heavy atom. The van der Waals surface area contributed by atoms with Crippen LogP contribution in [0.5, 0.6) is 0 Å². The van der Waals surface area contributed by atoms with Crippen LogP contribution in [0.3, 0.4) is 0 Å². The fraction of sp³-hybridized carbons (Fsp3) is 0.105. The molecular weight excluding hydrogens is 334 g/mol. The van der Waals surface area contributed by atoms with Crippen LogP contribution < -0.4 is 10.7 Å². The van der Waals surface area contributed by atoms with Crippen LogP contribution in [0.2, 0.25) is 0 Å². The van der Waals surface area contributed by atoms with E-state index in [1.165, 1.54) is 6.26 Å². The highest BCUT2D eigenvalue weighted by molar-refractivity contribution is 6.04. The van der Waals surface area contributed by atoms with Crippen molar-refractivity contribution >= 4 is 23.2 Å². The molecule has 1 aromatic carbocycles. The van der Waals surface area contributed by atoms with Crippen molar-refractivity contribution < 1.29 is 18.4 Å². The molecule has 0 unspecified atom stereocenters. The zero-order valence-corrected chi connectivity index (χ0v) is 14.3. The van der Waals surface area contributed by atoms with Crippen molar-refractivity contribution in [2.75, 3.05) is 5.32 Å². The van der Waals surface area contributed by atoms with Crippen molar-refractivity contribution in [3.8, 4) is 0 Å². The Kier molecular flexibility index (Phi) is 4.98. The summed E-state index contributed by atoms with van der Waals surface area (Å²) in [5.41, 5.74) is 4.36. The van der Waals surface area contributed by atoms with Crippen LogP contribution in [0.25, 0.3) is 0 Å². The zero-order valence-electron chi connectivity index (χ0n) is 14.3. The predicted octanol–water partition coefficient (Wildman–Crippen LogP) is 3.59. The van der Waals surface area contributed by atoms with Crippen LogP contribution >= 0.6 is 0 Å². The van der Waals surface area contributed by atoms with E-state index in [0.717, 1.165) is 5.56 Å². The van der Waals surface area contributed by atoms with Gasteiger partial charge in [-0.05, 0) is 55.8 Å². The molecule has 0 aliphatic carbocycles. The van der Waals surface area contributed by atoms with Crippen LogP contribution in [0.4, 0.5) is 5.69 Å². The smallest absolute Gasteiger partial charge is 0.307 e. The largest absolute Gasteiger partial charge is 0.459 e. The molecule has 3 aromatic rings. The number of amides is 2. The normalized spacial score (nSPS) is 11.2. The number of hydrazone groups is 1. The van der Waals surface area contributed by atoms with E-state index < -0.39 is 5.91 Å². The summed E-state index contributed by atoms with van der Waals surface area (Å²) in [4.78, 5) is 24.0. The molecular formula is C19H17N3O4. The second-order valence-electron chi connectivity index (χ2n) is 5.56. The standard InChI is InChI=1S/C19H17N3O4/c1-12-8-9-17(26-12)19(24)22-21-13(2)14-5-3-6-15(11-14)20-18(23)16-7-4-10-25-16/h3-11H,1-2H3,(H,20,23)(H,22,24)/b21-13+. The second-order valence-corrected chi connectivity index (χ2v) is 5.56. The highest BCUT2D eigenvalue weighted by Gasteiger charge is 2.11. The van der Waals surface area contributed by atoms with E-state index in [2.05, 4.69) is 15.8 Å². The average molecular weight is 351 g/mol. The summed E-state index contributed by atoms with van der Waals surface area (Å²) in [5, 5.41) is 6.82. The summed E-state index contributed by atoms with van der Waals surface area (Å²) in [7, 11) is 0. The molecule has 0 saturated heterocycles. The number of nitrogens with one attached hydrogen (secondary N) is 2. The Bertz CT molecular complexity index is 955. The maximum absolute atomic E-state index is 12.0. The molecule has 0 fully saturated rings. The summed E-state index contributed by atoms with van der Waals surface area (Å²) >= 11 is 0. The fourth-order valence-corrected chi connectivity index (χ4v) is 2.23. The lowest BCUT2D eigenvalue weighted by atomic mass is 10.1. The van der Waals surface area contributed by atoms with Gasteiger partial charge in [0, 0.05) is 5.69 Å². The Labute approximate surface area is 149 Å². The second kappa shape index (κ2) is 7.52. The van der Waals surface area contributed by atoms with E-state index in [4.69, 9.17) is 8.83 Å². The fourth-order valence-electron chi connectivity index (χ4n) is 2.23. The lowest BCUT2D eigenvalue weighted by Gasteiger charge is -2.06. The maximum Gasteiger partial charge on any atom is 0.307 e. The first-order valence-electron chi connectivity index (χ1n) is 7.89. The molecule has 0 spiro atoms. The third-order valence-electron chi connectivity index (χ3n) is 3.57. The number of hydrogen-bond donors (Lipinski definition) is 2. The van der Waals surface area contributed by atoms with Gasteiger partial charge in [-0.2, -0.15) is 5.10 Å². The number of furan rings is 2. The van der Waals surface area contributed by atoms with Gasteiger partial charge in [-0.1, -0.05) is 12.1 Å². The first-order chi connectivity index (χ1) is 12.5. The van der Waals surface area contributed by atoms with Gasteiger partial charge in [0.15, 0.2) is 11.5 Å². The molecule has 2 amide bonds. The molecule has 0 saturated carbocycles. The molecule has 0 aliphatic heterocycles. The Balaban J connectivity index is 1.68. The van der Waals surface area contributed by atoms with Crippen LogP contribution in [0.15, 0.2) is 68.7 Å². The summed E-state index contributed by atoms with van der Waals surface area (Å²) in [6.45, 7) is 3.51. The topological polar surface area (TPSA) is 96.8 Å². The molecule has 0 aliphatic rings. The van der Waals surface area contributed by atoms with Gasteiger partial charge in [-0.15, -0.1) is 0 Å². The SMILES string of the molecule is C/C(=N\NC(=O)c1ccc(C)o1)c1cccc(NC(=O)c2ccco2)c1. The number of carbonyl (C=O) groups is 2. The van der Waals surface area contributed by atoms with Crippen LogP contribution in [0.1, 0.15) is 39.4 Å². The number of aryl methyl sites for hydroxylation is 1. The van der Waals surface area contributed by atoms with E-state index in [-0.39, 0.29) is 17.4 Å². The molecule has 2 heterocycles. The summed E-state index contributed by atoms with van der Waals surface area (Å²) in [6, 6.07) is 13.6. The number of hydrogen-bond acceptors (Lipinski definition) is 5. The molecule has 7 heteroatoms. The van der Waals surface area contributed by atoms with Crippen molar-refractivity contribution in [3.05, 3.63) is 77.6 Å². The number of anilines is 1. The van der Waals surface area contributed by atoms with Crippen molar-refractivity contribution in [1.29, 1.82) is 0 Å². The quantitative estimate of drug-likeness (QED) is 0.542. The highest BCUT2D eigenvalue weighted by atomic mass is 16.4. The summed E-state index contributed by atoms with van der Waals surface area (Å²) in [5.74, 6) is 0.291. The Morgan fingerprint density at radius 2 is 1.85 bits per heavy atom. The van der Waals surface area contributed by atoms with Crippen molar-refractivity contribution in [2.45, 2.75) is 13.8 Å². The molecule has 7 nitrogen and oxygen atoms in total. The van der Waals surface area contributed by atoms with Gasteiger partial charge >= 0.3 is 5.91 Å². The first-order valence-corrected chi connectivity index (χ1v) is 7.89. The minimum atomic E-state index is -0.431. The van der Waals surface area contributed by atoms with Gasteiger partial charge in [-0.3, -0.25) is 9.59 Å². The third kappa shape index (κ3) is 4.07. The van der Waals surface area contributed by atoms with E-state index in [1.807, 2.05) is 6.07 Å². The van der Waals surface area contributed by atoms with E-state index in [0.29, 0.717) is 17.2 Å². The highest BCUT2D eigenvalue weighted by Crippen LogP contribution is 2.13. The minimum Gasteiger partial charge on any atom is -0.459 e. The van der Waals surface area contributed by atoms with Crippen molar-refractivity contribution in [1.82, 2.24) is 5.43 Å². The van der Waals surface area contributed by atoms with Crippen LogP contribution in [-0.2, 0) is 0 Å². The molecule has 0 bridgehead atoms. The number of carbonyl (C=O) groups excluding carboxylic acids is 2. The predicted molar refractivity (Wildman–Crippen MR) is 96.2 cm³/mol. The van der Waals surface area contributed by atoms with Gasteiger partial charge in [0.05, 0.1) is 12.0 Å². The number of benzene rings is 1. The third-order valence-corrected chi connectivity index (χ3v) is 3.57. The lowest BCUT2D eigenvalue weighted by Crippen LogP contribution is -2.18. The molecule has 132 valence electrons. The average Bonchev–Trinajstić information content (AvgIpc) is 3.31. The monoisotopic (exact) mass is 351 g/mol. The van der Waals surface area contributed by atoms with E-state index in [9.17, 15) is 9.59 Å². The molecule has 0 radical (unpaired) electrons. The molecule has 2 aromatic heterocycles. The molecule has 3 rings (SSSR count).